The number of hydrogen-bond donors (Lipinski definition) is 0. The van der Waals surface area contributed by atoms with Gasteiger partial charge >= 0.3 is 24.3 Å². The molecule has 0 saturated heterocycles. The minimum absolute atomic E-state index is 0.0664. The number of methoxy groups -OCH3 is 1. The van der Waals surface area contributed by atoms with Gasteiger partial charge in [-0.25, -0.2) is 9.59 Å². The number of esters is 2. The summed E-state index contributed by atoms with van der Waals surface area (Å²) in [6, 6.07) is 0. The smallest absolute Gasteiger partial charge is 0.434 e. The fraction of sp³-hybridized carbons (Fsp3) is 0.714. The summed E-state index contributed by atoms with van der Waals surface area (Å²) in [5, 5.41) is 0. The van der Waals surface area contributed by atoms with E-state index in [0.29, 0.717) is 13.2 Å². The van der Waals surface area contributed by atoms with Crippen LogP contribution in [0.2, 0.25) is 0 Å². The third-order valence-electron chi connectivity index (χ3n) is 2.53. The molecule has 27 heavy (non-hydrogen) atoms. The van der Waals surface area contributed by atoms with E-state index in [1.165, 1.54) is 7.11 Å². The number of carbonyl (C=O) groups is 2. The first-order chi connectivity index (χ1) is 12.4. The highest BCUT2D eigenvalue weighted by molar-refractivity contribution is 5.89. The van der Waals surface area contributed by atoms with Gasteiger partial charge in [0.2, 0.25) is 0 Å². The Bertz CT molecular complexity index is 475. The second-order valence-electron chi connectivity index (χ2n) is 4.79. The van der Waals surface area contributed by atoms with E-state index >= 15 is 0 Å². The molecule has 0 heterocycles. The van der Waals surface area contributed by atoms with Crippen molar-refractivity contribution < 1.29 is 59.6 Å². The number of alkyl halides is 6. The maximum absolute atomic E-state index is 12.2. The average molecular weight is 412 g/mol. The van der Waals surface area contributed by atoms with Gasteiger partial charge in [0.1, 0.15) is 0 Å². The highest BCUT2D eigenvalue weighted by Crippen LogP contribution is 2.35. The van der Waals surface area contributed by atoms with Crippen LogP contribution < -0.4 is 0 Å². The zero-order chi connectivity index (χ0) is 21.1. The second-order valence-corrected chi connectivity index (χ2v) is 4.79. The first-order valence-corrected chi connectivity index (χ1v) is 7.21. The molecule has 0 aromatic carbocycles. The Morgan fingerprint density at radius 2 is 1.41 bits per heavy atom. The summed E-state index contributed by atoms with van der Waals surface area (Å²) < 4.78 is 95.6. The Morgan fingerprint density at radius 1 is 0.889 bits per heavy atom. The fourth-order valence-electron chi connectivity index (χ4n) is 1.33. The molecule has 0 unspecified atom stereocenters. The molecule has 158 valence electrons. The van der Waals surface area contributed by atoms with Gasteiger partial charge < -0.3 is 23.7 Å². The molecule has 0 spiro atoms. The average Bonchev–Trinajstić information content (AvgIpc) is 2.54. The van der Waals surface area contributed by atoms with E-state index in [-0.39, 0.29) is 25.4 Å². The van der Waals surface area contributed by atoms with Crippen LogP contribution in [0.1, 0.15) is 0 Å². The molecular formula is C14H18F6O7. The van der Waals surface area contributed by atoms with E-state index in [2.05, 4.69) is 16.1 Å². The molecule has 13 heteroatoms. The Labute approximate surface area is 150 Å². The predicted molar refractivity (Wildman–Crippen MR) is 75.6 cm³/mol. The Hall–Kier alpha value is -1.86. The Balaban J connectivity index is 4.18. The van der Waals surface area contributed by atoms with E-state index in [9.17, 15) is 35.9 Å². The Kier molecular flexibility index (Phi) is 11.0. The molecular weight excluding hydrogens is 394 g/mol. The third-order valence-corrected chi connectivity index (χ3v) is 2.53. The van der Waals surface area contributed by atoms with Crippen LogP contribution >= 0.6 is 0 Å². The first-order valence-electron chi connectivity index (χ1n) is 7.21. The van der Waals surface area contributed by atoms with Crippen LogP contribution in [0.5, 0.6) is 0 Å². The zero-order valence-electron chi connectivity index (χ0n) is 14.2. The largest absolute Gasteiger partial charge is 0.450 e. The molecule has 0 fully saturated rings. The maximum atomic E-state index is 12.2. The first kappa shape index (κ1) is 25.1. The van der Waals surface area contributed by atoms with Crippen LogP contribution in [0.4, 0.5) is 26.3 Å². The summed E-state index contributed by atoms with van der Waals surface area (Å²) in [6.07, 6.45) is -16.0. The van der Waals surface area contributed by atoms with E-state index in [0.717, 1.165) is 0 Å². The molecule has 0 aliphatic heterocycles. The van der Waals surface area contributed by atoms with Gasteiger partial charge in [0.25, 0.3) is 6.10 Å². The lowest BCUT2D eigenvalue weighted by Crippen LogP contribution is -2.46. The van der Waals surface area contributed by atoms with Gasteiger partial charge in [-0.05, 0) is 0 Å². The molecule has 0 aromatic rings. The van der Waals surface area contributed by atoms with Crippen LogP contribution in [0.15, 0.2) is 12.2 Å². The number of halogens is 6. The van der Waals surface area contributed by atoms with E-state index in [1.54, 1.807) is 0 Å². The molecule has 0 radical (unpaired) electrons. The van der Waals surface area contributed by atoms with Crippen LogP contribution in [-0.2, 0) is 33.3 Å². The van der Waals surface area contributed by atoms with E-state index in [4.69, 9.17) is 14.2 Å². The predicted octanol–water partition coefficient (Wildman–Crippen LogP) is 1.80. The quantitative estimate of drug-likeness (QED) is 0.209. The number of ether oxygens (including phenoxy) is 5. The molecule has 0 aromatic heterocycles. The van der Waals surface area contributed by atoms with Gasteiger partial charge in [0.05, 0.1) is 38.6 Å². The van der Waals surface area contributed by atoms with Crippen LogP contribution in [-0.4, -0.2) is 77.1 Å². The lowest BCUT2D eigenvalue weighted by Gasteiger charge is -2.22. The monoisotopic (exact) mass is 412 g/mol. The summed E-state index contributed by atoms with van der Waals surface area (Å²) >= 11 is 0. The summed E-state index contributed by atoms with van der Waals surface area (Å²) in [6.45, 7) is 2.37. The van der Waals surface area contributed by atoms with Gasteiger partial charge in [0.15, 0.2) is 6.61 Å². The topological polar surface area (TPSA) is 80.3 Å². The molecule has 7 nitrogen and oxygen atoms in total. The molecule has 0 bridgehead atoms. The van der Waals surface area contributed by atoms with Crippen molar-refractivity contribution in [3.8, 4) is 0 Å². The van der Waals surface area contributed by atoms with Crippen molar-refractivity contribution in [2.24, 2.45) is 0 Å². The molecule has 0 rings (SSSR count). The van der Waals surface area contributed by atoms with Crippen molar-refractivity contribution in [1.29, 1.82) is 0 Å². The summed E-state index contributed by atoms with van der Waals surface area (Å²) in [7, 11) is 1.48. The number of hydrogen-bond acceptors (Lipinski definition) is 7. The van der Waals surface area contributed by atoms with E-state index < -0.39 is 37.0 Å². The van der Waals surface area contributed by atoms with Crippen molar-refractivity contribution >= 4 is 11.9 Å². The standard InChI is InChI=1S/C14H18F6O7/c1-9(7-25-6-5-24-4-3-23-2)11(22)26-8-10(21)27-12(13(15,16)17)14(18,19)20/h12H,1,3-8H2,2H3. The maximum Gasteiger partial charge on any atom is 0.434 e. The number of rotatable bonds is 12. The third kappa shape index (κ3) is 11.5. The number of carbonyl (C=O) groups excluding carboxylic acids is 2. The Morgan fingerprint density at radius 3 is 1.93 bits per heavy atom. The van der Waals surface area contributed by atoms with Gasteiger partial charge in [-0.15, -0.1) is 0 Å². The fourth-order valence-corrected chi connectivity index (χ4v) is 1.33. The van der Waals surface area contributed by atoms with Crippen molar-refractivity contribution in [3.63, 3.8) is 0 Å². The minimum Gasteiger partial charge on any atom is -0.450 e. The van der Waals surface area contributed by atoms with Gasteiger partial charge in [-0.3, -0.25) is 0 Å². The SMILES string of the molecule is C=C(COCCOCCOC)C(=O)OCC(=O)OC(C(F)(F)F)C(F)(F)F. The molecule has 0 atom stereocenters. The lowest BCUT2D eigenvalue weighted by molar-refractivity contribution is -0.313. The van der Waals surface area contributed by atoms with Crippen LogP contribution in [0.3, 0.4) is 0 Å². The van der Waals surface area contributed by atoms with Crippen molar-refractivity contribution in [3.05, 3.63) is 12.2 Å². The lowest BCUT2D eigenvalue weighted by atomic mass is 10.3. The normalized spacial score (nSPS) is 12.1. The zero-order valence-corrected chi connectivity index (χ0v) is 14.2. The molecule has 0 aliphatic rings. The van der Waals surface area contributed by atoms with Crippen molar-refractivity contribution in [1.82, 2.24) is 0 Å². The highest BCUT2D eigenvalue weighted by atomic mass is 19.4. The van der Waals surface area contributed by atoms with Crippen molar-refractivity contribution in [2.75, 3.05) is 46.8 Å². The van der Waals surface area contributed by atoms with Gasteiger partial charge in [-0.1, -0.05) is 6.58 Å². The molecule has 0 saturated carbocycles. The summed E-state index contributed by atoms with van der Waals surface area (Å²) in [5.41, 5.74) is -0.317. The molecule has 0 N–H and O–H groups in total. The van der Waals surface area contributed by atoms with Crippen LogP contribution in [0.25, 0.3) is 0 Å². The van der Waals surface area contributed by atoms with Gasteiger partial charge in [-0.2, -0.15) is 26.3 Å². The summed E-state index contributed by atoms with van der Waals surface area (Å²) in [4.78, 5) is 22.5. The summed E-state index contributed by atoms with van der Waals surface area (Å²) in [5.74, 6) is -3.27. The van der Waals surface area contributed by atoms with Crippen molar-refractivity contribution in [2.45, 2.75) is 18.5 Å². The van der Waals surface area contributed by atoms with Crippen LogP contribution in [0, 0.1) is 0 Å². The van der Waals surface area contributed by atoms with E-state index in [1.807, 2.05) is 0 Å². The molecule has 0 aliphatic carbocycles. The highest BCUT2D eigenvalue weighted by Gasteiger charge is 2.59. The second kappa shape index (κ2) is 11.8. The van der Waals surface area contributed by atoms with Gasteiger partial charge in [0, 0.05) is 7.11 Å². The minimum atomic E-state index is -5.86. The molecule has 0 amide bonds.